The third-order valence-electron chi connectivity index (χ3n) is 10.9. The highest BCUT2D eigenvalue weighted by Crippen LogP contribution is 2.43. The molecule has 0 N–H and O–H groups in total. The molecule has 0 unspecified atom stereocenters. The fourth-order valence-electron chi connectivity index (χ4n) is 8.72. The SMILES string of the molecule is c1cc(-c2cccc3c2oc2ccc(-n4c5ccccc5c5ccccc54)cc23)c2c(c1)oc1ccc(-n3c4ccccc4c4ccccc43)cc12. The van der Waals surface area contributed by atoms with Crippen LogP contribution in [0.2, 0.25) is 0 Å². The molecule has 12 aromatic rings. The van der Waals surface area contributed by atoms with E-state index in [0.29, 0.717) is 0 Å². The molecule has 0 fully saturated rings. The van der Waals surface area contributed by atoms with Gasteiger partial charge in [0.15, 0.2) is 0 Å². The van der Waals surface area contributed by atoms with Crippen LogP contribution in [-0.2, 0) is 0 Å². The van der Waals surface area contributed by atoms with Gasteiger partial charge in [0.1, 0.15) is 22.3 Å². The van der Waals surface area contributed by atoms with Crippen LogP contribution >= 0.6 is 0 Å². The van der Waals surface area contributed by atoms with Gasteiger partial charge in [-0.3, -0.25) is 0 Å². The van der Waals surface area contributed by atoms with Gasteiger partial charge in [-0.1, -0.05) is 103 Å². The maximum Gasteiger partial charge on any atom is 0.143 e. The Hall–Kier alpha value is -7.04. The van der Waals surface area contributed by atoms with Gasteiger partial charge >= 0.3 is 0 Å². The van der Waals surface area contributed by atoms with Crippen molar-refractivity contribution < 1.29 is 8.83 Å². The summed E-state index contributed by atoms with van der Waals surface area (Å²) in [5.41, 5.74) is 12.5. The molecule has 4 nitrogen and oxygen atoms in total. The van der Waals surface area contributed by atoms with Gasteiger partial charge < -0.3 is 18.0 Å². The molecular formula is C48H28N2O2. The van der Waals surface area contributed by atoms with Crippen molar-refractivity contribution >= 4 is 87.5 Å². The minimum atomic E-state index is 0.855. The second-order valence-corrected chi connectivity index (χ2v) is 13.7. The number of aromatic nitrogens is 2. The monoisotopic (exact) mass is 664 g/mol. The van der Waals surface area contributed by atoms with E-state index >= 15 is 0 Å². The van der Waals surface area contributed by atoms with E-state index in [1.807, 2.05) is 0 Å². The minimum Gasteiger partial charge on any atom is -0.456 e. The molecule has 0 saturated carbocycles. The number of hydrogen-bond acceptors (Lipinski definition) is 2. The molecule has 52 heavy (non-hydrogen) atoms. The standard InChI is InChI=1S/C48H28N2O2/c1-5-18-40-31(11-1)32-12-2-6-19-41(32)49(40)29-23-25-44-38(27-29)37-17-9-16-36(48(37)52-44)35-15-10-22-46-47(35)39-28-30(24-26-45(39)51-46)50-42-20-7-3-13-33(42)34-14-4-8-21-43(34)50/h1-28H. The smallest absolute Gasteiger partial charge is 0.143 e. The zero-order valence-corrected chi connectivity index (χ0v) is 27.9. The second-order valence-electron chi connectivity index (χ2n) is 13.7. The molecule has 0 spiro atoms. The highest BCUT2D eigenvalue weighted by atomic mass is 16.3. The van der Waals surface area contributed by atoms with Gasteiger partial charge in [-0.15, -0.1) is 0 Å². The molecule has 12 rings (SSSR count). The lowest BCUT2D eigenvalue weighted by molar-refractivity contribution is 0.668. The van der Waals surface area contributed by atoms with Crippen molar-refractivity contribution in [3.63, 3.8) is 0 Å². The van der Waals surface area contributed by atoms with E-state index in [1.54, 1.807) is 0 Å². The van der Waals surface area contributed by atoms with Crippen LogP contribution in [0.1, 0.15) is 0 Å². The van der Waals surface area contributed by atoms with Gasteiger partial charge in [-0.05, 0) is 72.3 Å². The van der Waals surface area contributed by atoms with E-state index in [9.17, 15) is 0 Å². The molecule has 4 heterocycles. The summed E-state index contributed by atoms with van der Waals surface area (Å²) in [5, 5.41) is 9.33. The minimum absolute atomic E-state index is 0.855. The topological polar surface area (TPSA) is 36.1 Å². The fraction of sp³-hybridized carbons (Fsp3) is 0. The maximum absolute atomic E-state index is 6.76. The largest absolute Gasteiger partial charge is 0.456 e. The first-order valence-electron chi connectivity index (χ1n) is 17.7. The van der Waals surface area contributed by atoms with Crippen molar-refractivity contribution in [3.05, 3.63) is 170 Å². The number of hydrogen-bond donors (Lipinski definition) is 0. The molecule has 4 heteroatoms. The number of fused-ring (bicyclic) bond motifs is 12. The van der Waals surface area contributed by atoms with Crippen molar-refractivity contribution in [1.29, 1.82) is 0 Å². The summed E-state index contributed by atoms with van der Waals surface area (Å²) in [6, 6.07) is 60.5. The van der Waals surface area contributed by atoms with Gasteiger partial charge in [-0.25, -0.2) is 0 Å². The molecular weight excluding hydrogens is 637 g/mol. The van der Waals surface area contributed by atoms with Crippen molar-refractivity contribution in [2.24, 2.45) is 0 Å². The lowest BCUT2D eigenvalue weighted by Gasteiger charge is -2.09. The van der Waals surface area contributed by atoms with E-state index in [0.717, 1.165) is 66.4 Å². The van der Waals surface area contributed by atoms with E-state index in [1.165, 1.54) is 43.6 Å². The van der Waals surface area contributed by atoms with Crippen LogP contribution in [0.3, 0.4) is 0 Å². The van der Waals surface area contributed by atoms with Crippen LogP contribution < -0.4 is 0 Å². The number of furan rings is 2. The molecule has 0 saturated heterocycles. The Balaban J connectivity index is 1.08. The van der Waals surface area contributed by atoms with Crippen LogP contribution in [0.5, 0.6) is 0 Å². The highest BCUT2D eigenvalue weighted by molar-refractivity contribution is 6.18. The molecule has 0 aliphatic rings. The molecule has 4 aromatic heterocycles. The molecule has 0 bridgehead atoms. The Morgan fingerprint density at radius 2 is 0.769 bits per heavy atom. The van der Waals surface area contributed by atoms with Crippen molar-refractivity contribution in [1.82, 2.24) is 9.13 Å². The summed E-state index contributed by atoms with van der Waals surface area (Å²) in [4.78, 5) is 0. The number of benzene rings is 8. The first-order chi connectivity index (χ1) is 25.8. The molecule has 0 aliphatic heterocycles. The maximum atomic E-state index is 6.76. The zero-order valence-electron chi connectivity index (χ0n) is 27.9. The van der Waals surface area contributed by atoms with Crippen LogP contribution in [0.25, 0.3) is 110 Å². The van der Waals surface area contributed by atoms with E-state index in [4.69, 9.17) is 8.83 Å². The lowest BCUT2D eigenvalue weighted by Crippen LogP contribution is -1.93. The molecule has 0 radical (unpaired) electrons. The summed E-state index contributed by atoms with van der Waals surface area (Å²) in [6.45, 7) is 0. The third-order valence-corrected chi connectivity index (χ3v) is 10.9. The molecule has 8 aromatic carbocycles. The average Bonchev–Trinajstić information content (AvgIpc) is 3.95. The van der Waals surface area contributed by atoms with Crippen LogP contribution in [0, 0.1) is 0 Å². The van der Waals surface area contributed by atoms with Gasteiger partial charge in [-0.2, -0.15) is 0 Å². The van der Waals surface area contributed by atoms with E-state index in [2.05, 4.69) is 179 Å². The number of nitrogens with zero attached hydrogens (tertiary/aromatic N) is 2. The Kier molecular flexibility index (Phi) is 5.47. The Bertz CT molecular complexity index is 3320. The predicted octanol–water partition coefficient (Wildman–Crippen LogP) is 13.3. The summed E-state index contributed by atoms with van der Waals surface area (Å²) < 4.78 is 18.0. The van der Waals surface area contributed by atoms with Gasteiger partial charge in [0.25, 0.3) is 0 Å². The highest BCUT2D eigenvalue weighted by Gasteiger charge is 2.20. The summed E-state index contributed by atoms with van der Waals surface area (Å²) in [5.74, 6) is 0. The van der Waals surface area contributed by atoms with E-state index < -0.39 is 0 Å². The van der Waals surface area contributed by atoms with Gasteiger partial charge in [0.05, 0.1) is 22.1 Å². The number of rotatable bonds is 3. The third kappa shape index (κ3) is 3.70. The quantitative estimate of drug-likeness (QED) is 0.188. The van der Waals surface area contributed by atoms with Crippen LogP contribution in [0.4, 0.5) is 0 Å². The molecule has 0 aliphatic carbocycles. The predicted molar refractivity (Wildman–Crippen MR) is 215 cm³/mol. The lowest BCUT2D eigenvalue weighted by atomic mass is 9.97. The number of para-hydroxylation sites is 5. The zero-order chi connectivity index (χ0) is 33.9. The van der Waals surface area contributed by atoms with Gasteiger partial charge in [0.2, 0.25) is 0 Å². The second kappa shape index (κ2) is 10.3. The van der Waals surface area contributed by atoms with Crippen molar-refractivity contribution in [2.45, 2.75) is 0 Å². The Morgan fingerprint density at radius 3 is 1.35 bits per heavy atom. The summed E-state index contributed by atoms with van der Waals surface area (Å²) in [7, 11) is 0. The van der Waals surface area contributed by atoms with Gasteiger partial charge in [0, 0.05) is 60.0 Å². The van der Waals surface area contributed by atoms with Crippen LogP contribution in [0.15, 0.2) is 179 Å². The average molecular weight is 665 g/mol. The first kappa shape index (κ1) is 27.7. The first-order valence-corrected chi connectivity index (χ1v) is 17.7. The fourth-order valence-corrected chi connectivity index (χ4v) is 8.72. The van der Waals surface area contributed by atoms with Crippen molar-refractivity contribution in [3.8, 4) is 22.5 Å². The molecule has 0 atom stereocenters. The Morgan fingerprint density at radius 1 is 0.308 bits per heavy atom. The Labute approximate surface area is 296 Å². The summed E-state index contributed by atoms with van der Waals surface area (Å²) >= 11 is 0. The molecule has 0 amide bonds. The normalized spacial score (nSPS) is 12.2. The van der Waals surface area contributed by atoms with Crippen molar-refractivity contribution in [2.75, 3.05) is 0 Å². The van der Waals surface area contributed by atoms with Crippen LogP contribution in [-0.4, -0.2) is 9.13 Å². The molecule has 242 valence electrons. The summed E-state index contributed by atoms with van der Waals surface area (Å²) in [6.07, 6.45) is 0. The van der Waals surface area contributed by atoms with E-state index in [-0.39, 0.29) is 0 Å².